The number of rotatable bonds is 9. The predicted octanol–water partition coefficient (Wildman–Crippen LogP) is 7.57. The number of benzene rings is 1. The van der Waals surface area contributed by atoms with Gasteiger partial charge in [-0.1, -0.05) is 31.9 Å². The third-order valence-corrected chi connectivity index (χ3v) is 7.64. The Kier molecular flexibility index (Phi) is 8.77. The molecule has 1 aromatic carbocycles. The van der Waals surface area contributed by atoms with Gasteiger partial charge < -0.3 is 4.74 Å². The normalized spacial score (nSPS) is 21.7. The van der Waals surface area contributed by atoms with Gasteiger partial charge in [-0.3, -0.25) is 0 Å². The lowest BCUT2D eigenvalue weighted by Crippen LogP contribution is -2.13. The lowest BCUT2D eigenvalue weighted by Gasteiger charge is -2.28. The number of halogens is 3. The first-order valence-corrected chi connectivity index (χ1v) is 14.5. The number of ether oxygens (including phenoxy) is 1. The van der Waals surface area contributed by atoms with Gasteiger partial charge in [0.25, 0.3) is 0 Å². The van der Waals surface area contributed by atoms with Crippen LogP contribution in [0.2, 0.25) is 6.04 Å². The molecular formula is C19H29Cl3OSi. The van der Waals surface area contributed by atoms with E-state index in [4.69, 9.17) is 38.0 Å². The van der Waals surface area contributed by atoms with Crippen LogP contribution in [0.3, 0.4) is 0 Å². The third-order valence-electron chi connectivity index (χ3n) is 5.02. The molecule has 0 heterocycles. The first-order valence-electron chi connectivity index (χ1n) is 9.27. The molecule has 136 valence electrons. The van der Waals surface area contributed by atoms with Gasteiger partial charge in [-0.05, 0) is 74.1 Å². The maximum Gasteiger partial charge on any atom is 0.341 e. The zero-order valence-electron chi connectivity index (χ0n) is 14.6. The van der Waals surface area contributed by atoms with Crippen molar-refractivity contribution in [1.82, 2.24) is 0 Å². The van der Waals surface area contributed by atoms with Crippen molar-refractivity contribution in [3.05, 3.63) is 29.8 Å². The van der Waals surface area contributed by atoms with Gasteiger partial charge in [0, 0.05) is 0 Å². The maximum atomic E-state index is 5.88. The Bertz CT molecular complexity index is 464. The van der Waals surface area contributed by atoms with Crippen molar-refractivity contribution >= 4 is 39.2 Å². The minimum atomic E-state index is -2.46. The Balaban J connectivity index is 1.69. The highest BCUT2D eigenvalue weighted by molar-refractivity contribution is 7.64. The van der Waals surface area contributed by atoms with E-state index in [-0.39, 0.29) is 0 Å². The molecule has 1 aliphatic rings. The number of unbranched alkanes of at least 4 members (excludes halogenated alkanes) is 1. The van der Waals surface area contributed by atoms with Gasteiger partial charge in [-0.25, -0.2) is 0 Å². The van der Waals surface area contributed by atoms with Crippen LogP contribution >= 0.6 is 33.2 Å². The summed E-state index contributed by atoms with van der Waals surface area (Å²) in [7, 11) is 0. The lowest BCUT2D eigenvalue weighted by molar-refractivity contribution is 0.304. The largest absolute Gasteiger partial charge is 0.494 e. The summed E-state index contributed by atoms with van der Waals surface area (Å²) in [5.41, 5.74) is 1.47. The van der Waals surface area contributed by atoms with E-state index >= 15 is 0 Å². The molecule has 24 heavy (non-hydrogen) atoms. The van der Waals surface area contributed by atoms with E-state index in [9.17, 15) is 0 Å². The topological polar surface area (TPSA) is 9.23 Å². The molecule has 0 radical (unpaired) electrons. The van der Waals surface area contributed by atoms with Crippen molar-refractivity contribution in [3.8, 4) is 5.75 Å². The van der Waals surface area contributed by atoms with Gasteiger partial charge in [0.2, 0.25) is 0 Å². The first-order chi connectivity index (χ1) is 11.5. The van der Waals surface area contributed by atoms with E-state index in [0.29, 0.717) is 12.7 Å². The molecule has 1 nitrogen and oxygen atoms in total. The highest BCUT2D eigenvalue weighted by atomic mass is 35.8. The Morgan fingerprint density at radius 1 is 1.00 bits per heavy atom. The van der Waals surface area contributed by atoms with Gasteiger partial charge >= 0.3 is 6.00 Å². The summed E-state index contributed by atoms with van der Waals surface area (Å²) in [6, 6.07) is 6.95. The molecule has 0 unspecified atom stereocenters. The van der Waals surface area contributed by atoms with Crippen LogP contribution in [-0.4, -0.2) is 12.6 Å². The Hall–Kier alpha value is 0.107. The zero-order chi connectivity index (χ0) is 17.4. The highest BCUT2D eigenvalue weighted by Gasteiger charge is 2.23. The summed E-state index contributed by atoms with van der Waals surface area (Å²) in [6.07, 6.45) is 10.0. The van der Waals surface area contributed by atoms with Crippen LogP contribution in [0.5, 0.6) is 5.75 Å². The third kappa shape index (κ3) is 7.55. The molecule has 0 aliphatic heterocycles. The van der Waals surface area contributed by atoms with Crippen LogP contribution in [0.15, 0.2) is 24.3 Å². The standard InChI is InChI=1S/C19H29Cl3OSi/c1-2-5-16-6-8-17(9-7-16)18-10-12-19(13-11-18)23-14-3-4-15-24(20,21)22/h10-13,16-17H,2-9,14-15H2,1H3. The van der Waals surface area contributed by atoms with Gasteiger partial charge in [-0.2, -0.15) is 0 Å². The van der Waals surface area contributed by atoms with Crippen molar-refractivity contribution in [1.29, 1.82) is 0 Å². The highest BCUT2D eigenvalue weighted by Crippen LogP contribution is 2.37. The second-order valence-electron chi connectivity index (χ2n) is 7.00. The maximum absolute atomic E-state index is 5.88. The van der Waals surface area contributed by atoms with Crippen LogP contribution in [-0.2, 0) is 0 Å². The van der Waals surface area contributed by atoms with Crippen LogP contribution < -0.4 is 4.74 Å². The molecule has 1 saturated carbocycles. The quantitative estimate of drug-likeness (QED) is 0.233. The van der Waals surface area contributed by atoms with Crippen LogP contribution in [0.4, 0.5) is 0 Å². The van der Waals surface area contributed by atoms with E-state index in [2.05, 4.69) is 31.2 Å². The fourth-order valence-electron chi connectivity index (χ4n) is 3.65. The van der Waals surface area contributed by atoms with E-state index < -0.39 is 6.00 Å². The second-order valence-corrected chi connectivity index (χ2v) is 16.3. The molecule has 1 fully saturated rings. The lowest BCUT2D eigenvalue weighted by atomic mass is 9.77. The van der Waals surface area contributed by atoms with Gasteiger partial charge in [0.15, 0.2) is 0 Å². The molecule has 0 bridgehead atoms. The molecule has 0 aromatic heterocycles. The van der Waals surface area contributed by atoms with Crippen molar-refractivity contribution in [3.63, 3.8) is 0 Å². The van der Waals surface area contributed by atoms with Gasteiger partial charge in [0.05, 0.1) is 6.61 Å². The first kappa shape index (κ1) is 20.4. The summed E-state index contributed by atoms with van der Waals surface area (Å²) in [4.78, 5) is 0. The molecule has 0 saturated heterocycles. The number of hydrogen-bond acceptors (Lipinski definition) is 1. The number of hydrogen-bond donors (Lipinski definition) is 0. The smallest absolute Gasteiger partial charge is 0.341 e. The Morgan fingerprint density at radius 2 is 1.67 bits per heavy atom. The molecule has 2 rings (SSSR count). The van der Waals surface area contributed by atoms with Crippen molar-refractivity contribution in [2.75, 3.05) is 6.61 Å². The molecule has 1 aliphatic carbocycles. The fraction of sp³-hybridized carbons (Fsp3) is 0.684. The van der Waals surface area contributed by atoms with Crippen LogP contribution in [0.25, 0.3) is 0 Å². The molecular weight excluding hydrogens is 379 g/mol. The Labute approximate surface area is 162 Å². The second kappa shape index (κ2) is 10.3. The van der Waals surface area contributed by atoms with Crippen molar-refractivity contribution < 1.29 is 4.74 Å². The van der Waals surface area contributed by atoms with Crippen molar-refractivity contribution in [2.24, 2.45) is 5.92 Å². The van der Waals surface area contributed by atoms with Crippen LogP contribution in [0.1, 0.15) is 69.8 Å². The summed E-state index contributed by atoms with van der Waals surface area (Å²) in [5, 5.41) is 0. The summed E-state index contributed by atoms with van der Waals surface area (Å²) in [6.45, 7) is 2.99. The average molecular weight is 408 g/mol. The summed E-state index contributed by atoms with van der Waals surface area (Å²) < 4.78 is 5.80. The predicted molar refractivity (Wildman–Crippen MR) is 109 cm³/mol. The van der Waals surface area contributed by atoms with E-state index in [1.807, 2.05) is 0 Å². The molecule has 0 spiro atoms. The van der Waals surface area contributed by atoms with Crippen LogP contribution in [0, 0.1) is 5.92 Å². The molecule has 0 N–H and O–H groups in total. The fourth-order valence-corrected chi connectivity index (χ4v) is 5.50. The monoisotopic (exact) mass is 406 g/mol. The summed E-state index contributed by atoms with van der Waals surface area (Å²) >= 11 is 17.6. The van der Waals surface area contributed by atoms with E-state index in [1.54, 1.807) is 0 Å². The van der Waals surface area contributed by atoms with Gasteiger partial charge in [-0.15, -0.1) is 33.2 Å². The van der Waals surface area contributed by atoms with E-state index in [1.165, 1.54) is 44.1 Å². The van der Waals surface area contributed by atoms with Gasteiger partial charge in [0.1, 0.15) is 5.75 Å². The Morgan fingerprint density at radius 3 is 2.25 bits per heavy atom. The SMILES string of the molecule is CCCC1CCC(c2ccc(OCCCC[Si](Cl)(Cl)Cl)cc2)CC1. The average Bonchev–Trinajstić information content (AvgIpc) is 2.55. The minimum Gasteiger partial charge on any atom is -0.494 e. The summed E-state index contributed by atoms with van der Waals surface area (Å²) in [5.74, 6) is 2.65. The van der Waals surface area contributed by atoms with Crippen molar-refractivity contribution in [2.45, 2.75) is 70.3 Å². The van der Waals surface area contributed by atoms with E-state index in [0.717, 1.165) is 30.4 Å². The zero-order valence-corrected chi connectivity index (χ0v) is 17.8. The molecule has 1 aromatic rings. The molecule has 0 amide bonds. The molecule has 0 atom stereocenters. The minimum absolute atomic E-state index is 0.691. The molecule has 5 heteroatoms.